The first-order valence-corrected chi connectivity index (χ1v) is 5.27. The first-order valence-electron chi connectivity index (χ1n) is 5.27. The van der Waals surface area contributed by atoms with Crippen LogP contribution in [0, 0.1) is 0 Å². The maximum Gasteiger partial charge on any atom is 0.0372 e. The molecule has 0 unspecified atom stereocenters. The van der Waals surface area contributed by atoms with Gasteiger partial charge in [-0.15, -0.1) is 0 Å². The van der Waals surface area contributed by atoms with Crippen LogP contribution in [0.25, 0.3) is 0 Å². The molecule has 0 saturated heterocycles. The van der Waals surface area contributed by atoms with Gasteiger partial charge in [0.1, 0.15) is 0 Å². The highest BCUT2D eigenvalue weighted by Crippen LogP contribution is 2.16. The summed E-state index contributed by atoms with van der Waals surface area (Å²) in [4.78, 5) is 0. The molecule has 14 heavy (non-hydrogen) atoms. The molecule has 0 atom stereocenters. The molecule has 76 valence electrons. The van der Waals surface area contributed by atoms with E-state index in [2.05, 4.69) is 42.6 Å². The monoisotopic (exact) mass is 189 g/mol. The summed E-state index contributed by atoms with van der Waals surface area (Å²) < 4.78 is 0. The van der Waals surface area contributed by atoms with Gasteiger partial charge in [-0.3, -0.25) is 0 Å². The summed E-state index contributed by atoms with van der Waals surface area (Å²) in [5.41, 5.74) is 2.69. The standard InChI is InChI=1S/C13H19N/c1-3-5-6-10-13-12(8-4-2)9-7-11-14-13/h3-6,8,10,14H,7,9,11H2,1-2H3/b5-3+,8-4-,10-6-. The van der Waals surface area contributed by atoms with Gasteiger partial charge in [-0.1, -0.05) is 30.4 Å². The molecule has 0 radical (unpaired) electrons. The Hall–Kier alpha value is -1.24. The molecule has 0 aliphatic carbocycles. The summed E-state index contributed by atoms with van der Waals surface area (Å²) in [6.45, 7) is 5.19. The van der Waals surface area contributed by atoms with Crippen LogP contribution >= 0.6 is 0 Å². The second-order valence-corrected chi connectivity index (χ2v) is 3.35. The average Bonchev–Trinajstić information content (AvgIpc) is 2.21. The quantitative estimate of drug-likeness (QED) is 0.671. The SMILES string of the molecule is C/C=C\C1=C(/C=C\C=C\C)NCCC1. The van der Waals surface area contributed by atoms with Crippen LogP contribution in [0.5, 0.6) is 0 Å². The second kappa shape index (κ2) is 6.25. The highest BCUT2D eigenvalue weighted by molar-refractivity contribution is 5.34. The third kappa shape index (κ3) is 3.25. The Bertz CT molecular complexity index is 280. The topological polar surface area (TPSA) is 12.0 Å². The van der Waals surface area contributed by atoms with E-state index in [0.29, 0.717) is 0 Å². The van der Waals surface area contributed by atoms with Crippen LogP contribution in [0.1, 0.15) is 26.7 Å². The van der Waals surface area contributed by atoms with Gasteiger partial charge in [0.15, 0.2) is 0 Å². The number of hydrogen-bond donors (Lipinski definition) is 1. The minimum absolute atomic E-state index is 1.09. The lowest BCUT2D eigenvalue weighted by Crippen LogP contribution is -2.19. The lowest BCUT2D eigenvalue weighted by molar-refractivity contribution is 0.685. The van der Waals surface area contributed by atoms with Crippen LogP contribution in [-0.2, 0) is 0 Å². The van der Waals surface area contributed by atoms with Crippen molar-refractivity contribution in [1.82, 2.24) is 5.32 Å². The van der Waals surface area contributed by atoms with E-state index in [1.54, 1.807) is 0 Å². The maximum absolute atomic E-state index is 3.42. The van der Waals surface area contributed by atoms with Crippen molar-refractivity contribution in [3.63, 3.8) is 0 Å². The van der Waals surface area contributed by atoms with Crippen LogP contribution in [0.4, 0.5) is 0 Å². The van der Waals surface area contributed by atoms with Gasteiger partial charge in [0.25, 0.3) is 0 Å². The van der Waals surface area contributed by atoms with Gasteiger partial charge in [-0.2, -0.15) is 0 Å². The van der Waals surface area contributed by atoms with Crippen LogP contribution < -0.4 is 5.32 Å². The molecule has 1 nitrogen and oxygen atoms in total. The predicted molar refractivity (Wildman–Crippen MR) is 63.0 cm³/mol. The molecular weight excluding hydrogens is 170 g/mol. The zero-order valence-corrected chi connectivity index (χ0v) is 9.09. The van der Waals surface area contributed by atoms with E-state index in [1.165, 1.54) is 24.1 Å². The summed E-state index contributed by atoms with van der Waals surface area (Å²) in [6.07, 6.45) is 15.0. The second-order valence-electron chi connectivity index (χ2n) is 3.35. The highest BCUT2D eigenvalue weighted by Gasteiger charge is 2.05. The molecule has 1 aliphatic heterocycles. The number of nitrogens with one attached hydrogen (secondary N) is 1. The minimum atomic E-state index is 1.09. The Balaban J connectivity index is 2.77. The van der Waals surface area contributed by atoms with E-state index in [1.807, 2.05) is 13.0 Å². The Morgan fingerprint density at radius 1 is 1.07 bits per heavy atom. The summed E-state index contributed by atoms with van der Waals surface area (Å²) >= 11 is 0. The summed E-state index contributed by atoms with van der Waals surface area (Å²) in [6, 6.07) is 0. The van der Waals surface area contributed by atoms with Gasteiger partial charge < -0.3 is 5.32 Å². The zero-order valence-electron chi connectivity index (χ0n) is 9.09. The molecule has 0 spiro atoms. The normalized spacial score (nSPS) is 18.7. The van der Waals surface area contributed by atoms with Gasteiger partial charge in [0.05, 0.1) is 0 Å². The van der Waals surface area contributed by atoms with Crippen molar-refractivity contribution in [1.29, 1.82) is 0 Å². The molecule has 1 N–H and O–H groups in total. The largest absolute Gasteiger partial charge is 0.385 e. The fourth-order valence-corrected chi connectivity index (χ4v) is 1.55. The Labute approximate surface area is 86.9 Å². The third-order valence-electron chi connectivity index (χ3n) is 2.22. The molecule has 1 aliphatic rings. The Morgan fingerprint density at radius 2 is 1.93 bits per heavy atom. The zero-order chi connectivity index (χ0) is 10.2. The summed E-state index contributed by atoms with van der Waals surface area (Å²) in [7, 11) is 0. The maximum atomic E-state index is 3.42. The third-order valence-corrected chi connectivity index (χ3v) is 2.22. The number of allylic oxidation sites excluding steroid dienone is 7. The van der Waals surface area contributed by atoms with Crippen molar-refractivity contribution in [2.45, 2.75) is 26.7 Å². The minimum Gasteiger partial charge on any atom is -0.385 e. The molecule has 1 heterocycles. The van der Waals surface area contributed by atoms with E-state index in [-0.39, 0.29) is 0 Å². The Morgan fingerprint density at radius 3 is 2.64 bits per heavy atom. The lowest BCUT2D eigenvalue weighted by Gasteiger charge is -2.17. The Kier molecular flexibility index (Phi) is 4.84. The molecular formula is C13H19N. The molecule has 1 rings (SSSR count). The van der Waals surface area contributed by atoms with Crippen LogP contribution in [-0.4, -0.2) is 6.54 Å². The molecule has 0 aromatic heterocycles. The fourth-order valence-electron chi connectivity index (χ4n) is 1.55. The van der Waals surface area contributed by atoms with Crippen molar-refractivity contribution in [2.75, 3.05) is 6.54 Å². The van der Waals surface area contributed by atoms with E-state index in [9.17, 15) is 0 Å². The predicted octanol–water partition coefficient (Wildman–Crippen LogP) is 3.33. The number of hydrogen-bond acceptors (Lipinski definition) is 1. The van der Waals surface area contributed by atoms with E-state index in [4.69, 9.17) is 0 Å². The molecule has 0 fully saturated rings. The van der Waals surface area contributed by atoms with Gasteiger partial charge in [-0.05, 0) is 38.3 Å². The molecule has 1 heteroatoms. The van der Waals surface area contributed by atoms with Gasteiger partial charge in [-0.25, -0.2) is 0 Å². The molecule has 0 bridgehead atoms. The van der Waals surface area contributed by atoms with Crippen LogP contribution in [0.15, 0.2) is 47.7 Å². The smallest absolute Gasteiger partial charge is 0.0372 e. The van der Waals surface area contributed by atoms with Gasteiger partial charge in [0.2, 0.25) is 0 Å². The van der Waals surface area contributed by atoms with E-state index >= 15 is 0 Å². The summed E-state index contributed by atoms with van der Waals surface area (Å²) in [5, 5.41) is 3.42. The highest BCUT2D eigenvalue weighted by atomic mass is 14.9. The van der Waals surface area contributed by atoms with Crippen LogP contribution in [0.3, 0.4) is 0 Å². The summed E-state index contributed by atoms with van der Waals surface area (Å²) in [5.74, 6) is 0. The van der Waals surface area contributed by atoms with Crippen molar-refractivity contribution < 1.29 is 0 Å². The fraction of sp³-hybridized carbons (Fsp3) is 0.385. The molecule has 0 saturated carbocycles. The van der Waals surface area contributed by atoms with Gasteiger partial charge in [0, 0.05) is 12.2 Å². The van der Waals surface area contributed by atoms with E-state index in [0.717, 1.165) is 6.54 Å². The molecule has 0 aromatic rings. The van der Waals surface area contributed by atoms with Crippen molar-refractivity contribution in [2.24, 2.45) is 0 Å². The van der Waals surface area contributed by atoms with Crippen molar-refractivity contribution in [3.05, 3.63) is 47.7 Å². The lowest BCUT2D eigenvalue weighted by atomic mass is 10.0. The molecule has 0 aromatic carbocycles. The van der Waals surface area contributed by atoms with Crippen molar-refractivity contribution in [3.8, 4) is 0 Å². The number of rotatable bonds is 3. The van der Waals surface area contributed by atoms with Crippen LogP contribution in [0.2, 0.25) is 0 Å². The van der Waals surface area contributed by atoms with Gasteiger partial charge >= 0.3 is 0 Å². The first-order chi connectivity index (χ1) is 6.88. The van der Waals surface area contributed by atoms with E-state index < -0.39 is 0 Å². The molecule has 0 amide bonds. The first kappa shape index (κ1) is 10.8. The average molecular weight is 189 g/mol. The van der Waals surface area contributed by atoms with Crippen molar-refractivity contribution >= 4 is 0 Å².